The Morgan fingerprint density at radius 3 is 2.90 bits per heavy atom. The number of halogens is 1. The summed E-state index contributed by atoms with van der Waals surface area (Å²) in [6.45, 7) is 1.35. The first-order valence-corrected chi connectivity index (χ1v) is 8.40. The molecule has 3 heterocycles. The van der Waals surface area contributed by atoms with Crippen molar-refractivity contribution in [2.75, 3.05) is 13.1 Å². The summed E-state index contributed by atoms with van der Waals surface area (Å²) < 4.78 is 3.05. The van der Waals surface area contributed by atoms with Gasteiger partial charge in [-0.1, -0.05) is 0 Å². The number of fused-ring (bicyclic) bond motifs is 1. The van der Waals surface area contributed by atoms with Gasteiger partial charge in [-0.2, -0.15) is 0 Å². The highest BCUT2D eigenvalue weighted by Crippen LogP contribution is 2.38. The molecular weight excluding hydrogens is 334 g/mol. The van der Waals surface area contributed by atoms with Crippen LogP contribution >= 0.6 is 15.9 Å². The van der Waals surface area contributed by atoms with E-state index in [9.17, 15) is 9.59 Å². The van der Waals surface area contributed by atoms with Crippen LogP contribution in [-0.4, -0.2) is 40.4 Å². The molecule has 3 fully saturated rings. The minimum atomic E-state index is -0.0181. The molecule has 5 nitrogen and oxygen atoms in total. The Morgan fingerprint density at radius 1 is 1.33 bits per heavy atom. The third kappa shape index (κ3) is 2.20. The number of nitrogens with one attached hydrogen (secondary N) is 1. The van der Waals surface area contributed by atoms with Gasteiger partial charge in [-0.05, 0) is 47.7 Å². The molecule has 6 heteroatoms. The van der Waals surface area contributed by atoms with Gasteiger partial charge >= 0.3 is 0 Å². The molecule has 3 aliphatic rings. The highest BCUT2D eigenvalue weighted by molar-refractivity contribution is 9.10. The predicted octanol–water partition coefficient (Wildman–Crippen LogP) is 1.94. The zero-order valence-corrected chi connectivity index (χ0v) is 13.3. The van der Waals surface area contributed by atoms with Crippen molar-refractivity contribution in [3.63, 3.8) is 0 Å². The molecule has 112 valence electrons. The number of amides is 2. The average Bonchev–Trinajstić information content (AvgIpc) is 3.16. The summed E-state index contributed by atoms with van der Waals surface area (Å²) in [6, 6.07) is 2.41. The minimum Gasteiger partial charge on any atom is -0.354 e. The Labute approximate surface area is 131 Å². The summed E-state index contributed by atoms with van der Waals surface area (Å²) >= 11 is 3.48. The number of carbonyl (C=O) groups excluding carboxylic acids is 2. The fourth-order valence-electron chi connectivity index (χ4n) is 3.62. The van der Waals surface area contributed by atoms with Crippen LogP contribution in [-0.2, 0) is 4.79 Å². The fraction of sp³-hybridized carbons (Fsp3) is 0.600. The summed E-state index contributed by atoms with van der Waals surface area (Å²) in [7, 11) is 0. The quantitative estimate of drug-likeness (QED) is 0.885. The van der Waals surface area contributed by atoms with E-state index in [2.05, 4.69) is 25.8 Å². The number of hydrogen-bond donors (Lipinski definition) is 1. The van der Waals surface area contributed by atoms with E-state index < -0.39 is 0 Å². The zero-order chi connectivity index (χ0) is 14.6. The predicted molar refractivity (Wildman–Crippen MR) is 81.0 cm³/mol. The fourth-order valence-corrected chi connectivity index (χ4v) is 4.06. The monoisotopic (exact) mass is 351 g/mol. The molecular formula is C15H18BrN3O2. The van der Waals surface area contributed by atoms with E-state index in [0.717, 1.165) is 42.4 Å². The topological polar surface area (TPSA) is 54.3 Å². The first-order valence-electron chi connectivity index (χ1n) is 7.61. The maximum absolute atomic E-state index is 13.0. The van der Waals surface area contributed by atoms with Crippen molar-refractivity contribution in [2.45, 2.75) is 37.8 Å². The summed E-state index contributed by atoms with van der Waals surface area (Å²) in [5, 5.41) is 2.90. The van der Waals surface area contributed by atoms with E-state index in [1.165, 1.54) is 0 Å². The maximum Gasteiger partial charge on any atom is 0.270 e. The van der Waals surface area contributed by atoms with Gasteiger partial charge in [0.05, 0.1) is 12.0 Å². The van der Waals surface area contributed by atoms with Crippen LogP contribution in [0.5, 0.6) is 0 Å². The van der Waals surface area contributed by atoms with Gasteiger partial charge in [0.1, 0.15) is 5.69 Å². The van der Waals surface area contributed by atoms with Gasteiger partial charge < -0.3 is 14.8 Å². The van der Waals surface area contributed by atoms with Crippen molar-refractivity contribution >= 4 is 27.7 Å². The molecule has 2 atom stereocenters. The maximum atomic E-state index is 13.0. The van der Waals surface area contributed by atoms with Gasteiger partial charge in [0.15, 0.2) is 0 Å². The van der Waals surface area contributed by atoms with Crippen LogP contribution in [0.4, 0.5) is 0 Å². The van der Waals surface area contributed by atoms with Crippen molar-refractivity contribution in [3.8, 4) is 0 Å². The minimum absolute atomic E-state index is 0.0181. The van der Waals surface area contributed by atoms with Crippen molar-refractivity contribution in [1.29, 1.82) is 0 Å². The first-order chi connectivity index (χ1) is 10.1. The Morgan fingerprint density at radius 2 is 2.14 bits per heavy atom. The Kier molecular flexibility index (Phi) is 3.10. The Bertz CT molecular complexity index is 608. The molecule has 0 bridgehead atoms. The molecule has 1 saturated carbocycles. The summed E-state index contributed by atoms with van der Waals surface area (Å²) in [5.41, 5.74) is 0.754. The van der Waals surface area contributed by atoms with Crippen LogP contribution in [0.1, 0.15) is 42.2 Å². The molecule has 0 spiro atoms. The van der Waals surface area contributed by atoms with Crippen molar-refractivity contribution in [3.05, 3.63) is 22.4 Å². The van der Waals surface area contributed by atoms with E-state index in [1.54, 1.807) is 0 Å². The third-order valence-electron chi connectivity index (χ3n) is 4.84. The van der Waals surface area contributed by atoms with Gasteiger partial charge in [0, 0.05) is 29.8 Å². The number of carbonyl (C=O) groups is 2. The number of nitrogens with zero attached hydrogens (tertiary/aromatic N) is 2. The van der Waals surface area contributed by atoms with Gasteiger partial charge in [0.25, 0.3) is 5.91 Å². The Balaban J connectivity index is 1.63. The molecule has 1 aromatic rings. The second-order valence-electron chi connectivity index (χ2n) is 6.24. The lowest BCUT2D eigenvalue weighted by Crippen LogP contribution is -2.49. The smallest absolute Gasteiger partial charge is 0.270 e. The van der Waals surface area contributed by atoms with E-state index >= 15 is 0 Å². The van der Waals surface area contributed by atoms with Crippen molar-refractivity contribution in [2.24, 2.45) is 5.92 Å². The lowest BCUT2D eigenvalue weighted by atomic mass is 9.91. The van der Waals surface area contributed by atoms with Gasteiger partial charge in [-0.25, -0.2) is 0 Å². The second-order valence-corrected chi connectivity index (χ2v) is 7.16. The molecule has 1 aromatic heterocycles. The molecule has 2 unspecified atom stereocenters. The van der Waals surface area contributed by atoms with Crippen LogP contribution in [0.2, 0.25) is 0 Å². The van der Waals surface area contributed by atoms with E-state index in [-0.39, 0.29) is 23.8 Å². The number of piperidine rings is 1. The van der Waals surface area contributed by atoms with Crippen LogP contribution in [0.3, 0.4) is 0 Å². The number of likely N-dealkylation sites (tertiary alicyclic amines) is 1. The molecule has 4 rings (SSSR count). The van der Waals surface area contributed by atoms with E-state index in [0.29, 0.717) is 12.6 Å². The summed E-state index contributed by atoms with van der Waals surface area (Å²) in [5.74, 6) is 0.158. The number of rotatable bonds is 2. The van der Waals surface area contributed by atoms with Crippen LogP contribution in [0, 0.1) is 5.92 Å². The van der Waals surface area contributed by atoms with E-state index in [4.69, 9.17) is 0 Å². The van der Waals surface area contributed by atoms with Gasteiger partial charge in [-0.3, -0.25) is 9.59 Å². The molecule has 21 heavy (non-hydrogen) atoms. The Hall–Kier alpha value is -1.30. The highest BCUT2D eigenvalue weighted by atomic mass is 79.9. The average molecular weight is 352 g/mol. The molecule has 2 aliphatic heterocycles. The van der Waals surface area contributed by atoms with Crippen LogP contribution in [0.15, 0.2) is 16.7 Å². The van der Waals surface area contributed by atoms with Crippen LogP contribution < -0.4 is 5.32 Å². The standard InChI is InChI=1S/C15H18BrN3O2/c16-9-6-12(19(8-9)10-3-4-10)15(21)18-5-1-2-11-13(18)7-17-14(11)20/h6,8,10-11,13H,1-5,7H2,(H,17,20). The molecule has 1 N–H and O–H groups in total. The third-order valence-corrected chi connectivity index (χ3v) is 5.27. The summed E-state index contributed by atoms with van der Waals surface area (Å²) in [6.07, 6.45) is 6.10. The summed E-state index contributed by atoms with van der Waals surface area (Å²) in [4.78, 5) is 26.7. The lowest BCUT2D eigenvalue weighted by Gasteiger charge is -2.36. The molecule has 0 aromatic carbocycles. The van der Waals surface area contributed by atoms with E-state index in [1.807, 2.05) is 17.2 Å². The number of hydrogen-bond acceptors (Lipinski definition) is 2. The SMILES string of the molecule is O=C1NCC2C1CCCN2C(=O)c1cc(Br)cn1C1CC1. The normalized spacial score (nSPS) is 28.4. The van der Waals surface area contributed by atoms with Gasteiger partial charge in [-0.15, -0.1) is 0 Å². The lowest BCUT2D eigenvalue weighted by molar-refractivity contribution is -0.123. The first kappa shape index (κ1) is 13.4. The van der Waals surface area contributed by atoms with Crippen LogP contribution in [0.25, 0.3) is 0 Å². The zero-order valence-electron chi connectivity index (χ0n) is 11.7. The van der Waals surface area contributed by atoms with Gasteiger partial charge in [0.2, 0.25) is 5.91 Å². The molecule has 2 saturated heterocycles. The highest BCUT2D eigenvalue weighted by Gasteiger charge is 2.43. The largest absolute Gasteiger partial charge is 0.354 e. The van der Waals surface area contributed by atoms with Crippen molar-refractivity contribution in [1.82, 2.24) is 14.8 Å². The molecule has 0 radical (unpaired) electrons. The molecule has 2 amide bonds. The second kappa shape index (κ2) is 4.87. The van der Waals surface area contributed by atoms with Crippen molar-refractivity contribution < 1.29 is 9.59 Å². The molecule has 1 aliphatic carbocycles. The number of aromatic nitrogens is 1.